The van der Waals surface area contributed by atoms with Gasteiger partial charge in [-0.2, -0.15) is 5.10 Å². The van der Waals surface area contributed by atoms with Crippen molar-refractivity contribution in [2.45, 2.75) is 38.4 Å². The molecule has 0 unspecified atom stereocenters. The maximum Gasteiger partial charge on any atom is 0.242 e. The molecule has 0 spiro atoms. The van der Waals surface area contributed by atoms with Crippen molar-refractivity contribution in [3.63, 3.8) is 0 Å². The van der Waals surface area contributed by atoms with Gasteiger partial charge in [0.05, 0.1) is 6.54 Å². The Morgan fingerprint density at radius 1 is 1.43 bits per heavy atom. The number of nitrogens with one attached hydrogen (secondary N) is 1. The molecular weight excluding hydrogens is 312 g/mol. The second-order valence-electron chi connectivity index (χ2n) is 5.57. The number of amides is 2. The number of thiophene rings is 1. The topological polar surface area (TPSA) is 67.2 Å². The minimum atomic E-state index is -0.339. The molecule has 3 rings (SSSR count). The standard InChI is InChI=1S/C16H20N4O2S/c21-15-6-5-14(20(15)12-13-4-1-11-23-13)16(22)17-7-2-9-19-10-3-8-18-19/h1,3-4,8,10-11,14H,2,5-7,9,12H2,(H,17,22)/t14-/m0/s1. The van der Waals surface area contributed by atoms with Crippen LogP contribution >= 0.6 is 11.3 Å². The lowest BCUT2D eigenvalue weighted by Crippen LogP contribution is -2.44. The van der Waals surface area contributed by atoms with Gasteiger partial charge in [-0.3, -0.25) is 14.3 Å². The minimum absolute atomic E-state index is 0.0483. The Hall–Kier alpha value is -2.15. The van der Waals surface area contributed by atoms with Gasteiger partial charge in [0.2, 0.25) is 11.8 Å². The van der Waals surface area contributed by atoms with Crippen LogP contribution in [0.4, 0.5) is 0 Å². The van der Waals surface area contributed by atoms with Crippen molar-refractivity contribution in [3.8, 4) is 0 Å². The van der Waals surface area contributed by atoms with Crippen LogP contribution in [0.3, 0.4) is 0 Å². The number of carbonyl (C=O) groups is 2. The number of hydrogen-bond donors (Lipinski definition) is 1. The molecule has 1 fully saturated rings. The van der Waals surface area contributed by atoms with Gasteiger partial charge in [0.1, 0.15) is 6.04 Å². The number of carbonyl (C=O) groups excluding carboxylic acids is 2. The van der Waals surface area contributed by atoms with E-state index in [-0.39, 0.29) is 17.9 Å². The molecule has 0 radical (unpaired) electrons. The molecule has 0 aromatic carbocycles. The second-order valence-corrected chi connectivity index (χ2v) is 6.60. The van der Waals surface area contributed by atoms with Crippen LogP contribution in [0, 0.1) is 0 Å². The summed E-state index contributed by atoms with van der Waals surface area (Å²) in [4.78, 5) is 27.2. The van der Waals surface area contributed by atoms with E-state index in [1.54, 1.807) is 22.4 Å². The summed E-state index contributed by atoms with van der Waals surface area (Å²) in [6.45, 7) is 1.90. The van der Waals surface area contributed by atoms with Crippen molar-refractivity contribution in [1.29, 1.82) is 0 Å². The zero-order valence-corrected chi connectivity index (χ0v) is 13.7. The lowest BCUT2D eigenvalue weighted by Gasteiger charge is -2.23. The number of rotatable bonds is 7. The molecule has 1 saturated heterocycles. The van der Waals surface area contributed by atoms with Crippen molar-refractivity contribution < 1.29 is 9.59 Å². The van der Waals surface area contributed by atoms with Gasteiger partial charge in [-0.05, 0) is 30.4 Å². The zero-order chi connectivity index (χ0) is 16.1. The average molecular weight is 332 g/mol. The predicted octanol–water partition coefficient (Wildman–Crippen LogP) is 1.64. The molecule has 1 atom stereocenters. The SMILES string of the molecule is O=C(NCCCn1cccn1)[C@@H]1CCC(=O)N1Cc1cccs1. The fraction of sp³-hybridized carbons (Fsp3) is 0.438. The van der Waals surface area contributed by atoms with Crippen LogP contribution in [0.25, 0.3) is 0 Å². The van der Waals surface area contributed by atoms with Crippen LogP contribution in [0.1, 0.15) is 24.1 Å². The van der Waals surface area contributed by atoms with Crippen molar-refractivity contribution in [1.82, 2.24) is 20.0 Å². The largest absolute Gasteiger partial charge is 0.354 e. The van der Waals surface area contributed by atoms with E-state index >= 15 is 0 Å². The Kier molecular flexibility index (Phi) is 5.07. The van der Waals surface area contributed by atoms with Crippen LogP contribution in [-0.4, -0.2) is 39.1 Å². The van der Waals surface area contributed by atoms with Gasteiger partial charge in [0, 0.05) is 36.8 Å². The highest BCUT2D eigenvalue weighted by atomic mass is 32.1. The summed E-state index contributed by atoms with van der Waals surface area (Å²) >= 11 is 1.61. The van der Waals surface area contributed by atoms with E-state index < -0.39 is 0 Å². The molecule has 6 nitrogen and oxygen atoms in total. The molecule has 1 aliphatic rings. The Balaban J connectivity index is 1.48. The van der Waals surface area contributed by atoms with Gasteiger partial charge in [-0.1, -0.05) is 6.07 Å². The molecule has 2 aromatic rings. The normalized spacial score (nSPS) is 17.7. The smallest absolute Gasteiger partial charge is 0.242 e. The summed E-state index contributed by atoms with van der Waals surface area (Å²) in [5.74, 6) is 0.0166. The van der Waals surface area contributed by atoms with Crippen molar-refractivity contribution in [2.75, 3.05) is 6.54 Å². The summed E-state index contributed by atoms with van der Waals surface area (Å²) in [6.07, 6.45) is 5.52. The van der Waals surface area contributed by atoms with Crippen molar-refractivity contribution in [2.24, 2.45) is 0 Å². The summed E-state index contributed by atoms with van der Waals surface area (Å²) in [5, 5.41) is 9.06. The molecule has 2 amide bonds. The lowest BCUT2D eigenvalue weighted by molar-refractivity contribution is -0.135. The van der Waals surface area contributed by atoms with Gasteiger partial charge in [0.25, 0.3) is 0 Å². The quantitative estimate of drug-likeness (QED) is 0.784. The van der Waals surface area contributed by atoms with E-state index in [1.165, 1.54) is 0 Å². The molecular formula is C16H20N4O2S. The zero-order valence-electron chi connectivity index (χ0n) is 12.9. The molecule has 7 heteroatoms. The van der Waals surface area contributed by atoms with E-state index in [2.05, 4.69) is 10.4 Å². The van der Waals surface area contributed by atoms with Crippen LogP contribution in [0.5, 0.6) is 0 Å². The van der Waals surface area contributed by atoms with E-state index in [0.717, 1.165) is 17.8 Å². The third-order valence-electron chi connectivity index (χ3n) is 3.96. The molecule has 1 N–H and O–H groups in total. The highest BCUT2D eigenvalue weighted by Crippen LogP contribution is 2.23. The molecule has 3 heterocycles. The van der Waals surface area contributed by atoms with Crippen LogP contribution < -0.4 is 5.32 Å². The molecule has 122 valence electrons. The minimum Gasteiger partial charge on any atom is -0.354 e. The van der Waals surface area contributed by atoms with E-state index in [9.17, 15) is 9.59 Å². The van der Waals surface area contributed by atoms with E-state index in [4.69, 9.17) is 0 Å². The Morgan fingerprint density at radius 2 is 2.35 bits per heavy atom. The summed E-state index contributed by atoms with van der Waals surface area (Å²) in [6, 6.07) is 5.50. The van der Waals surface area contributed by atoms with Gasteiger partial charge in [-0.15, -0.1) is 11.3 Å². The molecule has 23 heavy (non-hydrogen) atoms. The summed E-state index contributed by atoms with van der Waals surface area (Å²) in [5.41, 5.74) is 0. The third-order valence-corrected chi connectivity index (χ3v) is 4.82. The average Bonchev–Trinajstić information content (AvgIpc) is 3.28. The summed E-state index contributed by atoms with van der Waals surface area (Å²) < 4.78 is 1.84. The highest BCUT2D eigenvalue weighted by Gasteiger charge is 2.35. The predicted molar refractivity (Wildman–Crippen MR) is 87.7 cm³/mol. The molecule has 0 aliphatic carbocycles. The number of nitrogens with zero attached hydrogens (tertiary/aromatic N) is 3. The second kappa shape index (κ2) is 7.41. The maximum absolute atomic E-state index is 12.4. The molecule has 0 bridgehead atoms. The van der Waals surface area contributed by atoms with Crippen LogP contribution in [-0.2, 0) is 22.7 Å². The Labute approximate surface area is 139 Å². The van der Waals surface area contributed by atoms with Crippen LogP contribution in [0.15, 0.2) is 36.0 Å². The first-order valence-corrected chi connectivity index (χ1v) is 8.69. The maximum atomic E-state index is 12.4. The fourth-order valence-electron chi connectivity index (χ4n) is 2.78. The number of likely N-dealkylation sites (tertiary alicyclic amines) is 1. The third kappa shape index (κ3) is 3.98. The van der Waals surface area contributed by atoms with E-state index in [1.807, 2.05) is 34.5 Å². The number of hydrogen-bond acceptors (Lipinski definition) is 4. The van der Waals surface area contributed by atoms with Gasteiger partial charge in [0.15, 0.2) is 0 Å². The Bertz CT molecular complexity index is 639. The molecule has 2 aromatic heterocycles. The molecule has 1 aliphatic heterocycles. The van der Waals surface area contributed by atoms with Crippen LogP contribution in [0.2, 0.25) is 0 Å². The summed E-state index contributed by atoms with van der Waals surface area (Å²) in [7, 11) is 0. The van der Waals surface area contributed by atoms with E-state index in [0.29, 0.717) is 25.9 Å². The number of aromatic nitrogens is 2. The van der Waals surface area contributed by atoms with Gasteiger partial charge < -0.3 is 10.2 Å². The first-order chi connectivity index (χ1) is 11.2. The van der Waals surface area contributed by atoms with Crippen molar-refractivity contribution >= 4 is 23.2 Å². The Morgan fingerprint density at radius 3 is 3.09 bits per heavy atom. The monoisotopic (exact) mass is 332 g/mol. The first-order valence-electron chi connectivity index (χ1n) is 7.81. The van der Waals surface area contributed by atoms with Crippen molar-refractivity contribution in [3.05, 3.63) is 40.8 Å². The first kappa shape index (κ1) is 15.7. The fourth-order valence-corrected chi connectivity index (χ4v) is 3.48. The highest BCUT2D eigenvalue weighted by molar-refractivity contribution is 7.09. The number of aryl methyl sites for hydroxylation is 1. The van der Waals surface area contributed by atoms with Gasteiger partial charge in [-0.25, -0.2) is 0 Å². The van der Waals surface area contributed by atoms with Gasteiger partial charge >= 0.3 is 0 Å². The molecule has 0 saturated carbocycles. The lowest BCUT2D eigenvalue weighted by atomic mass is 10.2.